The van der Waals surface area contributed by atoms with Crippen molar-refractivity contribution in [3.63, 3.8) is 0 Å². The van der Waals surface area contributed by atoms with Gasteiger partial charge in [-0.15, -0.1) is 22.6 Å². The number of hydrogen-bond donors (Lipinski definition) is 0. The van der Waals surface area contributed by atoms with Crippen molar-refractivity contribution in [2.24, 2.45) is 0 Å². The zero-order chi connectivity index (χ0) is 46.9. The van der Waals surface area contributed by atoms with E-state index in [1.807, 2.05) is 6.20 Å². The Bertz CT molecular complexity index is 3890. The molecular weight excluding hydrogens is 1060 g/mol. The van der Waals surface area contributed by atoms with Crippen LogP contribution in [0.1, 0.15) is 22.3 Å². The summed E-state index contributed by atoms with van der Waals surface area (Å²) in [6.07, 6.45) is 1.96. The predicted molar refractivity (Wildman–Crippen MR) is 292 cm³/mol. The fourth-order valence-electron chi connectivity index (χ4n) is 11.7. The van der Waals surface area contributed by atoms with Crippen LogP contribution >= 0.6 is 0 Å². The number of benzene rings is 10. The van der Waals surface area contributed by atoms with Crippen molar-refractivity contribution >= 4 is 44.6 Å². The van der Waals surface area contributed by atoms with Crippen LogP contribution in [0.4, 0.5) is 22.7 Å². The molecule has 0 unspecified atom stereocenters. The maximum atomic E-state index is 5.22. The molecule has 0 fully saturated rings. The van der Waals surface area contributed by atoms with Gasteiger partial charge in [0.25, 0.3) is 0 Å². The molecule has 0 saturated heterocycles. The molecule has 0 atom stereocenters. The monoisotopic (exact) mass is 1100 g/mol. The van der Waals surface area contributed by atoms with Crippen molar-refractivity contribution in [2.45, 2.75) is 5.41 Å². The molecule has 0 radical (unpaired) electrons. The van der Waals surface area contributed by atoms with Crippen molar-refractivity contribution in [2.75, 3.05) is 16.5 Å². The van der Waals surface area contributed by atoms with E-state index in [9.17, 15) is 0 Å². The second kappa shape index (κ2) is 17.7. The van der Waals surface area contributed by atoms with Gasteiger partial charge in [-0.05, 0) is 103 Å². The Morgan fingerprint density at radius 1 is 0.417 bits per heavy atom. The quantitative estimate of drug-likeness (QED) is 0.142. The van der Waals surface area contributed by atoms with E-state index in [1.165, 1.54) is 55.8 Å². The van der Waals surface area contributed by atoms with E-state index in [-0.39, 0.29) is 21.1 Å². The van der Waals surface area contributed by atoms with Crippen molar-refractivity contribution in [3.8, 4) is 50.3 Å². The smallest absolute Gasteiger partial charge is 0.345 e. The molecule has 10 aromatic carbocycles. The van der Waals surface area contributed by atoms with Gasteiger partial charge in [0.2, 0.25) is 0 Å². The number of para-hydroxylation sites is 4. The molecular formula is C67H44N4Pt. The molecule has 0 amide bonds. The fraction of sp³-hybridized carbons (Fsp3) is 0.0299. The summed E-state index contributed by atoms with van der Waals surface area (Å²) in [5.74, 6) is 0.828. The summed E-state index contributed by atoms with van der Waals surface area (Å²) in [6.45, 7) is 0.663. The van der Waals surface area contributed by atoms with E-state index in [2.05, 4.69) is 275 Å². The summed E-state index contributed by atoms with van der Waals surface area (Å²) in [5.41, 5.74) is 19.7. The molecule has 3 heterocycles. The van der Waals surface area contributed by atoms with Gasteiger partial charge in [0.1, 0.15) is 5.82 Å². The van der Waals surface area contributed by atoms with E-state index in [0.717, 1.165) is 61.4 Å². The third kappa shape index (κ3) is 6.74. The first-order valence-corrected chi connectivity index (χ1v) is 24.3. The maximum Gasteiger partial charge on any atom is 2.00 e. The first kappa shape index (κ1) is 43.5. The van der Waals surface area contributed by atoms with Crippen LogP contribution in [0.15, 0.2) is 255 Å². The minimum absolute atomic E-state index is 0. The van der Waals surface area contributed by atoms with Gasteiger partial charge in [-0.2, -0.15) is 36.4 Å². The third-order valence-corrected chi connectivity index (χ3v) is 14.7. The van der Waals surface area contributed by atoms with Crippen LogP contribution in [-0.2, 0) is 26.5 Å². The minimum Gasteiger partial charge on any atom is -0.345 e. The zero-order valence-corrected chi connectivity index (χ0v) is 41.3. The number of pyridine rings is 1. The zero-order valence-electron chi connectivity index (χ0n) is 39.1. The van der Waals surface area contributed by atoms with Crippen LogP contribution in [0, 0.1) is 12.1 Å². The molecule has 12 aromatic rings. The van der Waals surface area contributed by atoms with Gasteiger partial charge in [-0.25, -0.2) is 4.98 Å². The largest absolute Gasteiger partial charge is 2.00 e. The van der Waals surface area contributed by atoms with E-state index in [1.54, 1.807) is 0 Å². The summed E-state index contributed by atoms with van der Waals surface area (Å²) >= 11 is 0. The molecule has 0 bridgehead atoms. The van der Waals surface area contributed by atoms with Gasteiger partial charge in [0.05, 0.1) is 18.0 Å². The molecule has 5 heteroatoms. The molecule has 342 valence electrons. The molecule has 0 saturated carbocycles. The van der Waals surface area contributed by atoms with E-state index in [4.69, 9.17) is 4.98 Å². The van der Waals surface area contributed by atoms with Gasteiger partial charge >= 0.3 is 21.1 Å². The van der Waals surface area contributed by atoms with E-state index >= 15 is 0 Å². The van der Waals surface area contributed by atoms with E-state index < -0.39 is 5.41 Å². The van der Waals surface area contributed by atoms with Crippen molar-refractivity contribution in [1.29, 1.82) is 0 Å². The summed E-state index contributed by atoms with van der Waals surface area (Å²) in [7, 11) is 0. The Morgan fingerprint density at radius 2 is 0.972 bits per heavy atom. The number of anilines is 4. The summed E-state index contributed by atoms with van der Waals surface area (Å²) in [6, 6.07) is 98.0. The first-order valence-electron chi connectivity index (χ1n) is 24.3. The van der Waals surface area contributed by atoms with Gasteiger partial charge < -0.3 is 14.4 Å². The van der Waals surface area contributed by atoms with E-state index in [0.29, 0.717) is 6.67 Å². The molecule has 4 nitrogen and oxygen atoms in total. The SMILES string of the molecule is [Pt+2].[c-]1c(N2CN(c3ccccc3)c3ccccc32)cccc1C1(c2[c-]c3c(cc2)c2ccccc2n3-c2cc(-c3c(-c4ccccc4)cccc3-c3ccccc3)ccn2)c2ccccc2-c2ccccc21. The summed E-state index contributed by atoms with van der Waals surface area (Å²) < 4.78 is 2.32. The average Bonchev–Trinajstić information content (AvgIpc) is 4.10. The van der Waals surface area contributed by atoms with Gasteiger partial charge in [-0.3, -0.25) is 0 Å². The standard InChI is InChI=1S/C67H44N4.Pt/c1-4-20-46(21-5-1)53-31-19-32-54(47-22-6-2-7-23-47)66(53)48-40-41-68-65(42-48)71-61-35-15-12-30-57(61)58-39-38-50(44-64(58)71)67(59-33-13-10-28-55(59)56-29-11-14-34-60(56)67)49-24-18-27-52(43-49)70-45-69(51-25-8-3-9-26-51)62-36-16-17-37-63(62)70;/h1-42H,45H2;/q-2;+2. The molecule has 72 heavy (non-hydrogen) atoms. The molecule has 14 rings (SSSR count). The Hall–Kier alpha value is -8.56. The predicted octanol–water partition coefficient (Wildman–Crippen LogP) is 16.4. The van der Waals surface area contributed by atoms with Crippen molar-refractivity contribution in [1.82, 2.24) is 9.55 Å². The Balaban J connectivity index is 0.00000504. The first-order chi connectivity index (χ1) is 35.2. The van der Waals surface area contributed by atoms with Crippen LogP contribution in [-0.4, -0.2) is 16.2 Å². The Kier molecular flexibility index (Phi) is 10.7. The molecule has 1 aliphatic carbocycles. The number of hydrogen-bond acceptors (Lipinski definition) is 3. The van der Waals surface area contributed by atoms with Gasteiger partial charge in [0.15, 0.2) is 0 Å². The number of aromatic nitrogens is 2. The topological polar surface area (TPSA) is 24.3 Å². The van der Waals surface area contributed by atoms with Crippen LogP contribution in [0.5, 0.6) is 0 Å². The number of fused-ring (bicyclic) bond motifs is 7. The summed E-state index contributed by atoms with van der Waals surface area (Å²) in [4.78, 5) is 10.0. The Morgan fingerprint density at radius 3 is 1.67 bits per heavy atom. The van der Waals surface area contributed by atoms with Crippen LogP contribution in [0.2, 0.25) is 0 Å². The van der Waals surface area contributed by atoms with Crippen LogP contribution < -0.4 is 9.80 Å². The molecule has 2 aromatic heterocycles. The number of rotatable bonds is 8. The molecule has 0 N–H and O–H groups in total. The third-order valence-electron chi connectivity index (χ3n) is 14.7. The normalized spacial score (nSPS) is 13.2. The van der Waals surface area contributed by atoms with Crippen molar-refractivity contribution in [3.05, 3.63) is 289 Å². The average molecular weight is 1100 g/mol. The Labute approximate surface area is 434 Å². The summed E-state index contributed by atoms with van der Waals surface area (Å²) in [5, 5.41) is 2.27. The second-order valence-corrected chi connectivity index (χ2v) is 18.5. The second-order valence-electron chi connectivity index (χ2n) is 18.5. The van der Waals surface area contributed by atoms with Crippen molar-refractivity contribution < 1.29 is 21.1 Å². The van der Waals surface area contributed by atoms with Crippen LogP contribution in [0.3, 0.4) is 0 Å². The van der Waals surface area contributed by atoms with Gasteiger partial charge in [0, 0.05) is 22.8 Å². The van der Waals surface area contributed by atoms with Gasteiger partial charge in [-0.1, -0.05) is 187 Å². The fourth-order valence-corrected chi connectivity index (χ4v) is 11.7. The minimum atomic E-state index is -0.758. The van der Waals surface area contributed by atoms with Crippen LogP contribution in [0.25, 0.3) is 72.1 Å². The number of nitrogens with zero attached hydrogens (tertiary/aromatic N) is 4. The maximum absolute atomic E-state index is 5.22. The molecule has 0 spiro atoms. The molecule has 2 aliphatic rings. The molecule has 1 aliphatic heterocycles.